The van der Waals surface area contributed by atoms with Gasteiger partial charge in [-0.05, 0) is 50.5 Å². The van der Waals surface area contributed by atoms with Crippen LogP contribution < -0.4 is 9.64 Å². The fourth-order valence-electron chi connectivity index (χ4n) is 5.22. The van der Waals surface area contributed by atoms with Gasteiger partial charge in [-0.3, -0.25) is 14.6 Å². The number of benzene rings is 2. The molecule has 12 heteroatoms. The highest BCUT2D eigenvalue weighted by Gasteiger charge is 2.35. The molecule has 0 saturated carbocycles. The fraction of sp³-hybridized carbons (Fsp3) is 0.500. The maximum atomic E-state index is 14.0. The number of thiazole rings is 1. The number of hydrogen-bond acceptors (Lipinski definition) is 8. The number of aryl methyl sites for hydroxylation is 1. The van der Waals surface area contributed by atoms with Gasteiger partial charge in [-0.2, -0.15) is 4.31 Å². The van der Waals surface area contributed by atoms with E-state index in [1.807, 2.05) is 6.92 Å². The van der Waals surface area contributed by atoms with Crippen molar-refractivity contribution >= 4 is 54.2 Å². The number of aromatic nitrogens is 1. The third kappa shape index (κ3) is 6.29. The number of fused-ring (bicyclic) bond motifs is 1. The molecule has 2 saturated heterocycles. The van der Waals surface area contributed by atoms with E-state index in [2.05, 4.69) is 4.90 Å². The van der Waals surface area contributed by atoms with Gasteiger partial charge >= 0.3 is 0 Å². The van der Waals surface area contributed by atoms with E-state index in [1.54, 1.807) is 48.4 Å². The van der Waals surface area contributed by atoms with Crippen LogP contribution >= 0.6 is 22.9 Å². The Hall–Kier alpha value is -2.28. The smallest absolute Gasteiger partial charge is 0.243 e. The average Bonchev–Trinajstić information content (AvgIpc) is 3.42. The molecule has 5 rings (SSSR count). The van der Waals surface area contributed by atoms with Crippen molar-refractivity contribution in [1.29, 1.82) is 0 Å². The topological polar surface area (TPSA) is 92.3 Å². The molecule has 0 unspecified atom stereocenters. The summed E-state index contributed by atoms with van der Waals surface area (Å²) in [5, 5.41) is 1.15. The van der Waals surface area contributed by atoms with Gasteiger partial charge in [0.15, 0.2) is 5.13 Å². The van der Waals surface area contributed by atoms with Crippen molar-refractivity contribution in [3.05, 3.63) is 47.0 Å². The number of morpholine rings is 1. The van der Waals surface area contributed by atoms with Gasteiger partial charge in [-0.25, -0.2) is 13.4 Å². The van der Waals surface area contributed by atoms with Crippen molar-refractivity contribution in [2.24, 2.45) is 5.92 Å². The number of nitrogens with zero attached hydrogens (tertiary/aromatic N) is 4. The second-order valence-electron chi connectivity index (χ2n) is 10.2. The Labute approximate surface area is 244 Å². The Morgan fingerprint density at radius 1 is 1.12 bits per heavy atom. The van der Waals surface area contributed by atoms with Crippen LogP contribution in [-0.2, 0) is 19.6 Å². The molecular formula is C28H35ClN4O5S2. The molecule has 2 aliphatic rings. The van der Waals surface area contributed by atoms with Crippen molar-refractivity contribution in [3.8, 4) is 5.75 Å². The SMILES string of the molecule is COc1ccc(Cl)c2sc(N(CCCN3CCOCC3)C(=O)C3CCN(S(=O)(=O)c4ccc(C)cc4)CC3)nc12. The lowest BCUT2D eigenvalue weighted by Gasteiger charge is -2.33. The molecule has 2 aromatic carbocycles. The molecule has 3 aromatic rings. The van der Waals surface area contributed by atoms with Crippen LogP contribution in [0.2, 0.25) is 5.02 Å². The van der Waals surface area contributed by atoms with Gasteiger partial charge in [0, 0.05) is 45.2 Å². The first-order valence-corrected chi connectivity index (χ1v) is 16.2. The zero-order valence-corrected chi connectivity index (χ0v) is 25.2. The molecule has 2 aliphatic heterocycles. The van der Waals surface area contributed by atoms with E-state index in [9.17, 15) is 13.2 Å². The van der Waals surface area contributed by atoms with Gasteiger partial charge < -0.3 is 9.47 Å². The van der Waals surface area contributed by atoms with Gasteiger partial charge in [-0.1, -0.05) is 40.6 Å². The van der Waals surface area contributed by atoms with E-state index < -0.39 is 10.0 Å². The summed E-state index contributed by atoms with van der Waals surface area (Å²) < 4.78 is 39.6. The van der Waals surface area contributed by atoms with Crippen molar-refractivity contribution in [2.75, 3.05) is 64.5 Å². The summed E-state index contributed by atoms with van der Waals surface area (Å²) in [6.45, 7) is 7.11. The minimum Gasteiger partial charge on any atom is -0.494 e. The maximum absolute atomic E-state index is 14.0. The number of methoxy groups -OCH3 is 1. The number of rotatable bonds is 9. The molecule has 0 aliphatic carbocycles. The normalized spacial score (nSPS) is 17.8. The van der Waals surface area contributed by atoms with Crippen LogP contribution in [0.1, 0.15) is 24.8 Å². The van der Waals surface area contributed by atoms with Crippen molar-refractivity contribution in [3.63, 3.8) is 0 Å². The van der Waals surface area contributed by atoms with Gasteiger partial charge in [-0.15, -0.1) is 0 Å². The first-order chi connectivity index (χ1) is 19.3. The average molecular weight is 607 g/mol. The minimum atomic E-state index is -3.60. The first kappa shape index (κ1) is 29.2. The van der Waals surface area contributed by atoms with Crippen LogP contribution in [-0.4, -0.2) is 88.1 Å². The third-order valence-electron chi connectivity index (χ3n) is 7.59. The summed E-state index contributed by atoms with van der Waals surface area (Å²) in [5.41, 5.74) is 1.64. The van der Waals surface area contributed by atoms with E-state index in [4.69, 9.17) is 26.1 Å². The second kappa shape index (κ2) is 12.7. The molecule has 40 heavy (non-hydrogen) atoms. The number of carbonyl (C=O) groups excluding carboxylic acids is 1. The monoisotopic (exact) mass is 606 g/mol. The molecular weight excluding hydrogens is 572 g/mol. The minimum absolute atomic E-state index is 0.0245. The Balaban J connectivity index is 1.33. The van der Waals surface area contributed by atoms with Gasteiger partial charge in [0.2, 0.25) is 15.9 Å². The quantitative estimate of drug-likeness (QED) is 0.356. The Kier molecular flexibility index (Phi) is 9.28. The van der Waals surface area contributed by atoms with Gasteiger partial charge in [0.1, 0.15) is 11.3 Å². The van der Waals surface area contributed by atoms with Crippen LogP contribution in [0.3, 0.4) is 0 Å². The summed E-state index contributed by atoms with van der Waals surface area (Å²) >= 11 is 7.87. The molecule has 1 aromatic heterocycles. The maximum Gasteiger partial charge on any atom is 0.243 e. The molecule has 0 N–H and O–H groups in total. The molecule has 216 valence electrons. The first-order valence-electron chi connectivity index (χ1n) is 13.6. The number of ether oxygens (including phenoxy) is 2. The van der Waals surface area contributed by atoms with E-state index in [0.717, 1.165) is 49.5 Å². The Morgan fingerprint density at radius 3 is 2.50 bits per heavy atom. The second-order valence-corrected chi connectivity index (χ2v) is 13.5. The molecule has 0 atom stereocenters. The summed E-state index contributed by atoms with van der Waals surface area (Å²) in [7, 11) is -2.01. The van der Waals surface area contributed by atoms with Crippen LogP contribution in [0, 0.1) is 12.8 Å². The van der Waals surface area contributed by atoms with Gasteiger partial charge in [0.05, 0.1) is 34.9 Å². The third-order valence-corrected chi connectivity index (χ3v) is 11.0. The van der Waals surface area contributed by atoms with Gasteiger partial charge in [0.25, 0.3) is 0 Å². The largest absolute Gasteiger partial charge is 0.494 e. The van der Waals surface area contributed by atoms with E-state index >= 15 is 0 Å². The highest BCUT2D eigenvalue weighted by atomic mass is 35.5. The predicted octanol–water partition coefficient (Wildman–Crippen LogP) is 4.42. The fourth-order valence-corrected chi connectivity index (χ4v) is 7.98. The summed E-state index contributed by atoms with van der Waals surface area (Å²) in [6, 6.07) is 10.5. The molecule has 0 spiro atoms. The van der Waals surface area contributed by atoms with Crippen LogP contribution in [0.15, 0.2) is 41.3 Å². The molecule has 1 amide bonds. The van der Waals surface area contributed by atoms with E-state index in [1.165, 1.54) is 15.6 Å². The number of halogens is 1. The number of sulfonamides is 1. The lowest BCUT2D eigenvalue weighted by Crippen LogP contribution is -2.45. The molecule has 3 heterocycles. The van der Waals surface area contributed by atoms with Crippen LogP contribution in [0.5, 0.6) is 5.75 Å². The molecule has 9 nitrogen and oxygen atoms in total. The molecule has 0 bridgehead atoms. The molecule has 2 fully saturated rings. The number of anilines is 1. The van der Waals surface area contributed by atoms with Crippen molar-refractivity contribution < 1.29 is 22.7 Å². The highest BCUT2D eigenvalue weighted by molar-refractivity contribution is 7.89. The Bertz CT molecular complexity index is 1430. The number of hydrogen-bond donors (Lipinski definition) is 0. The Morgan fingerprint density at radius 2 is 1.82 bits per heavy atom. The van der Waals surface area contributed by atoms with Crippen molar-refractivity contribution in [1.82, 2.24) is 14.2 Å². The van der Waals surface area contributed by atoms with Crippen LogP contribution in [0.4, 0.5) is 5.13 Å². The zero-order valence-electron chi connectivity index (χ0n) is 22.8. The number of carbonyl (C=O) groups is 1. The predicted molar refractivity (Wildman–Crippen MR) is 158 cm³/mol. The lowest BCUT2D eigenvalue weighted by atomic mass is 9.96. The lowest BCUT2D eigenvalue weighted by molar-refractivity contribution is -0.123. The standard InChI is InChI=1S/C28H35ClN4O5S2/c1-20-4-6-22(7-5-20)40(35,36)32-14-10-21(11-15-32)27(34)33(13-3-12-31-16-18-38-19-17-31)28-30-25-24(37-2)9-8-23(29)26(25)39-28/h4-9,21H,3,10-19H2,1-2H3. The molecule has 0 radical (unpaired) electrons. The summed E-state index contributed by atoms with van der Waals surface area (Å²) in [5.74, 6) is 0.290. The van der Waals surface area contributed by atoms with E-state index in [-0.39, 0.29) is 16.7 Å². The van der Waals surface area contributed by atoms with Crippen molar-refractivity contribution in [2.45, 2.75) is 31.1 Å². The zero-order chi connectivity index (χ0) is 28.3. The van der Waals surface area contributed by atoms with E-state index in [0.29, 0.717) is 53.9 Å². The summed E-state index contributed by atoms with van der Waals surface area (Å²) in [4.78, 5) is 23.2. The highest BCUT2D eigenvalue weighted by Crippen LogP contribution is 2.39. The number of piperidine rings is 1. The number of amides is 1. The van der Waals surface area contributed by atoms with Crippen LogP contribution in [0.25, 0.3) is 10.2 Å². The summed E-state index contributed by atoms with van der Waals surface area (Å²) in [6.07, 6.45) is 1.70.